The minimum absolute atomic E-state index is 0.0265. The van der Waals surface area contributed by atoms with Crippen LogP contribution < -0.4 is 10.9 Å². The van der Waals surface area contributed by atoms with Crippen LogP contribution in [0.25, 0.3) is 0 Å². The molecule has 0 aliphatic carbocycles. The van der Waals surface area contributed by atoms with Crippen LogP contribution in [0.5, 0.6) is 0 Å². The van der Waals surface area contributed by atoms with Gasteiger partial charge in [0, 0.05) is 12.3 Å². The van der Waals surface area contributed by atoms with Gasteiger partial charge in [-0.3, -0.25) is 9.59 Å². The smallest absolute Gasteiger partial charge is 0.327 e. The Morgan fingerprint density at radius 3 is 2.50 bits per heavy atom. The zero-order chi connectivity index (χ0) is 16.5. The molecule has 2 N–H and O–H groups in total. The molecule has 5 nitrogen and oxygen atoms in total. The second-order valence-corrected chi connectivity index (χ2v) is 4.68. The maximum atomic E-state index is 12.5. The number of H-pyrrole nitrogens is 1. The zero-order valence-corrected chi connectivity index (χ0v) is 11.7. The zero-order valence-electron chi connectivity index (χ0n) is 11.7. The van der Waals surface area contributed by atoms with E-state index in [1.807, 2.05) is 0 Å². The average molecular weight is 311 g/mol. The number of nitrogens with zero attached hydrogens (tertiary/aromatic N) is 1. The van der Waals surface area contributed by atoms with Crippen LogP contribution in [-0.4, -0.2) is 15.9 Å². The van der Waals surface area contributed by atoms with Gasteiger partial charge < -0.3 is 10.3 Å². The molecule has 0 bridgehead atoms. The second kappa shape index (κ2) is 5.63. The molecule has 0 aliphatic heterocycles. The first-order valence-corrected chi connectivity index (χ1v) is 6.24. The number of halogens is 3. The Hall–Kier alpha value is -2.64. The monoisotopic (exact) mass is 311 g/mol. The van der Waals surface area contributed by atoms with Gasteiger partial charge in [0.15, 0.2) is 0 Å². The van der Waals surface area contributed by atoms with Gasteiger partial charge in [-0.1, -0.05) is 0 Å². The molecule has 1 amide bonds. The fourth-order valence-corrected chi connectivity index (χ4v) is 1.86. The molecule has 2 aromatic rings. The molecule has 2 aromatic heterocycles. The molecule has 0 spiro atoms. The number of hydrogen-bond acceptors (Lipinski definition) is 3. The molecule has 116 valence electrons. The van der Waals surface area contributed by atoms with Crippen LogP contribution in [0, 0.1) is 13.8 Å². The maximum Gasteiger partial charge on any atom is 0.433 e. The molecule has 2 heterocycles. The Kier molecular flexibility index (Phi) is 4.03. The molecular formula is C14H12F3N3O2. The SMILES string of the molecule is Cc1cc(=O)[nH]cc1NC(=O)c1ccc(C(F)(F)F)nc1C. The number of pyridine rings is 2. The average Bonchev–Trinajstić information content (AvgIpc) is 2.40. The van der Waals surface area contributed by atoms with Gasteiger partial charge in [-0.15, -0.1) is 0 Å². The van der Waals surface area contributed by atoms with Crippen molar-refractivity contribution in [1.29, 1.82) is 0 Å². The summed E-state index contributed by atoms with van der Waals surface area (Å²) in [6.45, 7) is 2.95. The summed E-state index contributed by atoms with van der Waals surface area (Å²) in [5.74, 6) is -0.603. The van der Waals surface area contributed by atoms with Gasteiger partial charge in [-0.2, -0.15) is 13.2 Å². The summed E-state index contributed by atoms with van der Waals surface area (Å²) in [6.07, 6.45) is -3.24. The van der Waals surface area contributed by atoms with Crippen molar-refractivity contribution < 1.29 is 18.0 Å². The summed E-state index contributed by atoms with van der Waals surface area (Å²) in [7, 11) is 0. The van der Waals surface area contributed by atoms with E-state index in [1.54, 1.807) is 6.92 Å². The number of rotatable bonds is 2. The standard InChI is InChI=1S/C14H12F3N3O2/c1-7-5-12(21)18-6-10(7)20-13(22)9-3-4-11(14(15,16)17)19-8(9)2/h3-6H,1-2H3,(H,18,21)(H,20,22). The maximum absolute atomic E-state index is 12.5. The second-order valence-electron chi connectivity index (χ2n) is 4.68. The largest absolute Gasteiger partial charge is 0.433 e. The Bertz CT molecular complexity index is 782. The molecule has 0 unspecified atom stereocenters. The van der Waals surface area contributed by atoms with Crippen molar-refractivity contribution in [1.82, 2.24) is 9.97 Å². The van der Waals surface area contributed by atoms with Gasteiger partial charge >= 0.3 is 6.18 Å². The molecule has 0 saturated carbocycles. The number of carbonyl (C=O) groups excluding carboxylic acids is 1. The lowest BCUT2D eigenvalue weighted by Gasteiger charge is -2.11. The van der Waals surface area contributed by atoms with E-state index in [2.05, 4.69) is 15.3 Å². The molecule has 8 heteroatoms. The first-order valence-electron chi connectivity index (χ1n) is 6.24. The highest BCUT2D eigenvalue weighted by atomic mass is 19.4. The van der Waals surface area contributed by atoms with E-state index in [4.69, 9.17) is 0 Å². The Morgan fingerprint density at radius 2 is 1.95 bits per heavy atom. The predicted octanol–water partition coefficient (Wildman–Crippen LogP) is 2.66. The van der Waals surface area contributed by atoms with Crippen LogP contribution in [0.1, 0.15) is 27.3 Å². The van der Waals surface area contributed by atoms with Gasteiger partial charge in [-0.05, 0) is 31.5 Å². The summed E-state index contributed by atoms with van der Waals surface area (Å²) in [6, 6.07) is 3.12. The molecule has 0 saturated heterocycles. The van der Waals surface area contributed by atoms with E-state index in [1.165, 1.54) is 19.2 Å². The van der Waals surface area contributed by atoms with Crippen molar-refractivity contribution in [3.05, 3.63) is 57.3 Å². The van der Waals surface area contributed by atoms with Crippen LogP contribution in [0.15, 0.2) is 29.2 Å². The molecule has 0 fully saturated rings. The molecule has 0 radical (unpaired) electrons. The van der Waals surface area contributed by atoms with Crippen molar-refractivity contribution in [3.8, 4) is 0 Å². The van der Waals surface area contributed by atoms with Gasteiger partial charge in [0.2, 0.25) is 5.56 Å². The fourth-order valence-electron chi connectivity index (χ4n) is 1.86. The van der Waals surface area contributed by atoms with Crippen molar-refractivity contribution in [3.63, 3.8) is 0 Å². The third kappa shape index (κ3) is 3.33. The summed E-state index contributed by atoms with van der Waals surface area (Å²) < 4.78 is 37.6. The molecular weight excluding hydrogens is 299 g/mol. The highest BCUT2D eigenvalue weighted by molar-refractivity contribution is 6.05. The third-order valence-corrected chi connectivity index (χ3v) is 3.00. The number of nitrogens with one attached hydrogen (secondary N) is 2. The van der Waals surface area contributed by atoms with E-state index >= 15 is 0 Å². The van der Waals surface area contributed by atoms with Crippen LogP contribution >= 0.6 is 0 Å². The minimum Gasteiger partial charge on any atom is -0.327 e. The number of amides is 1. The van der Waals surface area contributed by atoms with Crippen molar-refractivity contribution >= 4 is 11.6 Å². The molecule has 22 heavy (non-hydrogen) atoms. The number of aromatic nitrogens is 2. The molecule has 0 aliphatic rings. The van der Waals surface area contributed by atoms with E-state index in [0.29, 0.717) is 11.3 Å². The Morgan fingerprint density at radius 1 is 1.27 bits per heavy atom. The van der Waals surface area contributed by atoms with E-state index in [9.17, 15) is 22.8 Å². The number of carbonyl (C=O) groups is 1. The Labute approximate surface area is 123 Å². The van der Waals surface area contributed by atoms with E-state index in [0.717, 1.165) is 12.1 Å². The van der Waals surface area contributed by atoms with Gasteiger partial charge in [0.1, 0.15) is 5.69 Å². The lowest BCUT2D eigenvalue weighted by molar-refractivity contribution is -0.141. The van der Waals surface area contributed by atoms with Crippen LogP contribution in [0.2, 0.25) is 0 Å². The summed E-state index contributed by atoms with van der Waals surface area (Å²) in [5, 5.41) is 2.52. The summed E-state index contributed by atoms with van der Waals surface area (Å²) >= 11 is 0. The molecule has 2 rings (SSSR count). The van der Waals surface area contributed by atoms with E-state index < -0.39 is 17.8 Å². The van der Waals surface area contributed by atoms with Crippen molar-refractivity contribution in [2.24, 2.45) is 0 Å². The van der Waals surface area contributed by atoms with Gasteiger partial charge in [-0.25, -0.2) is 4.98 Å². The minimum atomic E-state index is -4.56. The topological polar surface area (TPSA) is 74.8 Å². The fraction of sp³-hybridized carbons (Fsp3) is 0.214. The number of hydrogen-bond donors (Lipinski definition) is 2. The number of alkyl halides is 3. The van der Waals surface area contributed by atoms with Gasteiger partial charge in [0.05, 0.1) is 16.9 Å². The Balaban J connectivity index is 2.28. The number of anilines is 1. The predicted molar refractivity (Wildman–Crippen MR) is 73.7 cm³/mol. The highest BCUT2D eigenvalue weighted by Gasteiger charge is 2.33. The summed E-state index contributed by atoms with van der Waals surface area (Å²) in [4.78, 5) is 29.0. The molecule has 0 atom stereocenters. The highest BCUT2D eigenvalue weighted by Crippen LogP contribution is 2.28. The normalized spacial score (nSPS) is 11.3. The first kappa shape index (κ1) is 15.7. The van der Waals surface area contributed by atoms with Crippen LogP contribution in [-0.2, 0) is 6.18 Å². The lowest BCUT2D eigenvalue weighted by atomic mass is 10.1. The van der Waals surface area contributed by atoms with Crippen LogP contribution in [0.4, 0.5) is 18.9 Å². The van der Waals surface area contributed by atoms with Crippen LogP contribution in [0.3, 0.4) is 0 Å². The van der Waals surface area contributed by atoms with E-state index in [-0.39, 0.29) is 16.8 Å². The van der Waals surface area contributed by atoms with Crippen molar-refractivity contribution in [2.45, 2.75) is 20.0 Å². The molecule has 0 aromatic carbocycles. The summed E-state index contributed by atoms with van der Waals surface area (Å²) in [5.41, 5.74) is -0.476. The number of aryl methyl sites for hydroxylation is 2. The van der Waals surface area contributed by atoms with Gasteiger partial charge in [0.25, 0.3) is 5.91 Å². The number of aromatic amines is 1. The quantitative estimate of drug-likeness (QED) is 0.895. The third-order valence-electron chi connectivity index (χ3n) is 3.00. The first-order chi connectivity index (χ1) is 10.2. The lowest BCUT2D eigenvalue weighted by Crippen LogP contribution is -2.18. The van der Waals surface area contributed by atoms with Crippen molar-refractivity contribution in [2.75, 3.05) is 5.32 Å².